The van der Waals surface area contributed by atoms with E-state index in [1.807, 2.05) is 22.9 Å². The number of fused-ring (bicyclic) bond motifs is 1. The average molecular weight is 476 g/mol. The molecular formula is C26H25N3O6. The summed E-state index contributed by atoms with van der Waals surface area (Å²) in [6, 6.07) is 11.3. The summed E-state index contributed by atoms with van der Waals surface area (Å²) in [5.41, 5.74) is 1.00. The molecule has 1 saturated heterocycles. The number of nitrogens with zero attached hydrogens (tertiary/aromatic N) is 3. The summed E-state index contributed by atoms with van der Waals surface area (Å²) in [6.07, 6.45) is 5.83. The topological polar surface area (TPSA) is 103 Å². The Hall–Kier alpha value is -4.27. The van der Waals surface area contributed by atoms with Gasteiger partial charge in [0.2, 0.25) is 0 Å². The number of para-hydroxylation sites is 1. The molecular weight excluding hydrogens is 450 g/mol. The summed E-state index contributed by atoms with van der Waals surface area (Å²) < 4.78 is 18.6. The number of benzene rings is 2. The minimum absolute atomic E-state index is 0.0128. The monoisotopic (exact) mass is 475 g/mol. The first-order valence-electron chi connectivity index (χ1n) is 11.4. The van der Waals surface area contributed by atoms with Crippen molar-refractivity contribution in [2.45, 2.75) is 19.0 Å². The van der Waals surface area contributed by atoms with Crippen LogP contribution in [-0.4, -0.2) is 58.1 Å². The van der Waals surface area contributed by atoms with Crippen molar-refractivity contribution in [3.8, 4) is 17.2 Å². The van der Waals surface area contributed by atoms with Crippen molar-refractivity contribution in [3.05, 3.63) is 77.9 Å². The highest BCUT2D eigenvalue weighted by molar-refractivity contribution is 6.46. The van der Waals surface area contributed by atoms with E-state index in [0.29, 0.717) is 61.1 Å². The first kappa shape index (κ1) is 22.5. The second kappa shape index (κ2) is 9.54. The van der Waals surface area contributed by atoms with Crippen LogP contribution in [0.25, 0.3) is 5.76 Å². The number of aromatic nitrogens is 2. The Morgan fingerprint density at radius 2 is 1.91 bits per heavy atom. The van der Waals surface area contributed by atoms with Gasteiger partial charge in [0.15, 0.2) is 11.5 Å². The molecule has 0 radical (unpaired) electrons. The Morgan fingerprint density at radius 3 is 2.69 bits per heavy atom. The molecule has 35 heavy (non-hydrogen) atoms. The molecule has 1 N–H and O–H groups in total. The van der Waals surface area contributed by atoms with Crippen LogP contribution < -0.4 is 14.2 Å². The summed E-state index contributed by atoms with van der Waals surface area (Å²) in [5, 5.41) is 11.3. The third-order valence-corrected chi connectivity index (χ3v) is 6.16. The van der Waals surface area contributed by atoms with E-state index >= 15 is 0 Å². The smallest absolute Gasteiger partial charge is 0.295 e. The number of ketones is 1. The summed E-state index contributed by atoms with van der Waals surface area (Å²) in [5.74, 6) is -0.111. The summed E-state index contributed by atoms with van der Waals surface area (Å²) in [6.45, 7) is 1.77. The van der Waals surface area contributed by atoms with Crippen molar-refractivity contribution < 1.29 is 28.9 Å². The number of aliphatic hydroxyl groups excluding tert-OH is 1. The standard InChI is InChI=1S/C26H25N3O6/c1-33-19-6-3-2-5-18(19)23-22(24(30)17-7-8-20-21(15-17)35-14-13-34-20)25(31)26(32)29(23)11-4-10-28-12-9-27-16-28/h2-3,5-9,12,15-16,23,30H,4,10-11,13-14H2,1H3/t23-/m0/s1. The Kier molecular flexibility index (Phi) is 6.13. The van der Waals surface area contributed by atoms with Gasteiger partial charge >= 0.3 is 0 Å². The zero-order valence-electron chi connectivity index (χ0n) is 19.2. The van der Waals surface area contributed by atoms with Crippen LogP contribution in [0.3, 0.4) is 0 Å². The van der Waals surface area contributed by atoms with Crippen LogP contribution in [0, 0.1) is 0 Å². The van der Waals surface area contributed by atoms with E-state index in [1.165, 1.54) is 12.0 Å². The molecule has 9 heteroatoms. The molecule has 2 aliphatic heterocycles. The average Bonchev–Trinajstić information content (AvgIpc) is 3.50. The molecule has 1 amide bonds. The number of carbonyl (C=O) groups is 2. The predicted molar refractivity (Wildman–Crippen MR) is 126 cm³/mol. The number of hydrogen-bond donors (Lipinski definition) is 1. The van der Waals surface area contributed by atoms with Crippen molar-refractivity contribution in [3.63, 3.8) is 0 Å². The molecule has 1 fully saturated rings. The fraction of sp³-hybridized carbons (Fsp3) is 0.269. The SMILES string of the molecule is COc1ccccc1[C@H]1C(=C(O)c2ccc3c(c2)OCCO3)C(=O)C(=O)N1CCCn1ccnc1. The molecule has 5 rings (SSSR count). The van der Waals surface area contributed by atoms with Crippen molar-refractivity contribution in [2.24, 2.45) is 0 Å². The van der Waals surface area contributed by atoms with Crippen LogP contribution in [-0.2, 0) is 16.1 Å². The van der Waals surface area contributed by atoms with Crippen molar-refractivity contribution in [2.75, 3.05) is 26.9 Å². The van der Waals surface area contributed by atoms with Crippen LogP contribution in [0.2, 0.25) is 0 Å². The van der Waals surface area contributed by atoms with Crippen LogP contribution in [0.4, 0.5) is 0 Å². The van der Waals surface area contributed by atoms with E-state index in [9.17, 15) is 14.7 Å². The van der Waals surface area contributed by atoms with Gasteiger partial charge in [-0.25, -0.2) is 4.98 Å². The molecule has 1 atom stereocenters. The second-order valence-electron chi connectivity index (χ2n) is 8.25. The van der Waals surface area contributed by atoms with Gasteiger partial charge in [0.1, 0.15) is 24.7 Å². The summed E-state index contributed by atoms with van der Waals surface area (Å²) >= 11 is 0. The molecule has 1 aromatic heterocycles. The van der Waals surface area contributed by atoms with Crippen LogP contribution >= 0.6 is 0 Å². The number of imidazole rings is 1. The number of aryl methyl sites for hydroxylation is 1. The van der Waals surface area contributed by atoms with Gasteiger partial charge in [0.05, 0.1) is 25.1 Å². The highest BCUT2D eigenvalue weighted by Crippen LogP contribution is 2.43. The zero-order chi connectivity index (χ0) is 24.4. The zero-order valence-corrected chi connectivity index (χ0v) is 19.2. The van der Waals surface area contributed by atoms with Gasteiger partial charge in [-0.15, -0.1) is 0 Å². The maximum absolute atomic E-state index is 13.3. The number of ether oxygens (including phenoxy) is 3. The van der Waals surface area contributed by atoms with Crippen molar-refractivity contribution in [1.29, 1.82) is 0 Å². The van der Waals surface area contributed by atoms with E-state index in [4.69, 9.17) is 14.2 Å². The molecule has 9 nitrogen and oxygen atoms in total. The number of aliphatic hydroxyl groups is 1. The molecule has 180 valence electrons. The molecule has 0 aliphatic carbocycles. The quantitative estimate of drug-likeness (QED) is 0.318. The Labute approximate surface area is 202 Å². The van der Waals surface area contributed by atoms with Crippen molar-refractivity contribution in [1.82, 2.24) is 14.5 Å². The van der Waals surface area contributed by atoms with E-state index in [0.717, 1.165) is 0 Å². The number of Topliss-reactive ketones (excluding diaryl/α,β-unsaturated/α-hetero) is 1. The lowest BCUT2D eigenvalue weighted by Crippen LogP contribution is -2.31. The highest BCUT2D eigenvalue weighted by atomic mass is 16.6. The fourth-order valence-corrected chi connectivity index (χ4v) is 4.52. The Morgan fingerprint density at radius 1 is 1.11 bits per heavy atom. The maximum Gasteiger partial charge on any atom is 0.295 e. The fourth-order valence-electron chi connectivity index (χ4n) is 4.52. The predicted octanol–water partition coefficient (Wildman–Crippen LogP) is 3.17. The summed E-state index contributed by atoms with van der Waals surface area (Å²) in [4.78, 5) is 32.0. The van der Waals surface area contributed by atoms with Gasteiger partial charge in [0, 0.05) is 36.6 Å². The molecule has 0 bridgehead atoms. The summed E-state index contributed by atoms with van der Waals surface area (Å²) in [7, 11) is 1.53. The number of amides is 1. The van der Waals surface area contributed by atoms with Gasteiger partial charge < -0.3 is 28.8 Å². The lowest BCUT2D eigenvalue weighted by Gasteiger charge is -2.26. The minimum atomic E-state index is -0.804. The first-order valence-corrected chi connectivity index (χ1v) is 11.4. The van der Waals surface area contributed by atoms with E-state index in [2.05, 4.69) is 4.98 Å². The third-order valence-electron chi connectivity index (χ3n) is 6.16. The molecule has 0 unspecified atom stereocenters. The second-order valence-corrected chi connectivity index (χ2v) is 8.25. The number of rotatable bonds is 7. The van der Waals surface area contributed by atoms with Gasteiger partial charge in [-0.3, -0.25) is 9.59 Å². The van der Waals surface area contributed by atoms with E-state index < -0.39 is 17.7 Å². The molecule has 3 aromatic rings. The molecule has 3 heterocycles. The number of hydrogen-bond acceptors (Lipinski definition) is 7. The van der Waals surface area contributed by atoms with E-state index in [1.54, 1.807) is 42.9 Å². The van der Waals surface area contributed by atoms with Gasteiger partial charge in [-0.1, -0.05) is 18.2 Å². The number of likely N-dealkylation sites (tertiary alicyclic amines) is 1. The Balaban J connectivity index is 1.56. The lowest BCUT2D eigenvalue weighted by atomic mass is 9.94. The minimum Gasteiger partial charge on any atom is -0.507 e. The van der Waals surface area contributed by atoms with Crippen molar-refractivity contribution >= 4 is 17.4 Å². The van der Waals surface area contributed by atoms with E-state index in [-0.39, 0.29) is 11.3 Å². The normalized spacial score (nSPS) is 18.7. The van der Waals surface area contributed by atoms with Crippen LogP contribution in [0.5, 0.6) is 17.2 Å². The molecule has 0 spiro atoms. The van der Waals surface area contributed by atoms with Crippen LogP contribution in [0.15, 0.2) is 66.8 Å². The van der Waals surface area contributed by atoms with Gasteiger partial charge in [0.25, 0.3) is 11.7 Å². The molecule has 0 saturated carbocycles. The van der Waals surface area contributed by atoms with Gasteiger partial charge in [-0.2, -0.15) is 0 Å². The lowest BCUT2D eigenvalue weighted by molar-refractivity contribution is -0.140. The largest absolute Gasteiger partial charge is 0.507 e. The maximum atomic E-state index is 13.3. The third kappa shape index (κ3) is 4.21. The van der Waals surface area contributed by atoms with Gasteiger partial charge in [-0.05, 0) is 30.7 Å². The Bertz CT molecular complexity index is 1280. The number of methoxy groups -OCH3 is 1. The molecule has 2 aliphatic rings. The van der Waals surface area contributed by atoms with Crippen LogP contribution in [0.1, 0.15) is 23.6 Å². The highest BCUT2D eigenvalue weighted by Gasteiger charge is 2.46. The molecule has 2 aromatic carbocycles. The number of carbonyl (C=O) groups excluding carboxylic acids is 2. The first-order chi connectivity index (χ1) is 17.1.